The zero-order valence-corrected chi connectivity index (χ0v) is 27.5. The molecule has 4 aromatic rings. The first-order valence-electron chi connectivity index (χ1n) is 16.1. The van der Waals surface area contributed by atoms with Crippen molar-refractivity contribution in [2.75, 3.05) is 50.8 Å². The van der Waals surface area contributed by atoms with Gasteiger partial charge >= 0.3 is 0 Å². The summed E-state index contributed by atoms with van der Waals surface area (Å²) in [6, 6.07) is 17.8. The van der Waals surface area contributed by atoms with Crippen molar-refractivity contribution in [2.24, 2.45) is 11.6 Å². The molecule has 1 aliphatic rings. The number of allylic oxidation sites excluding steroid dienone is 1. The Morgan fingerprint density at radius 2 is 1.80 bits per heavy atom. The summed E-state index contributed by atoms with van der Waals surface area (Å²) < 4.78 is 35.4. The van der Waals surface area contributed by atoms with Crippen LogP contribution in [-0.2, 0) is 12.1 Å². The topological polar surface area (TPSA) is 139 Å². The highest BCUT2D eigenvalue weighted by Gasteiger charge is 2.35. The number of aromatic nitrogens is 3. The lowest BCUT2D eigenvalue weighted by Crippen LogP contribution is -2.46. The van der Waals surface area contributed by atoms with E-state index in [9.17, 15) is 18.7 Å². The van der Waals surface area contributed by atoms with Crippen LogP contribution in [0.5, 0.6) is 5.75 Å². The van der Waals surface area contributed by atoms with Crippen molar-refractivity contribution in [1.82, 2.24) is 24.7 Å². The number of carbonyl (C=O) groups excluding carboxylic acids is 1. The Morgan fingerprint density at radius 3 is 2.45 bits per heavy atom. The fourth-order valence-electron chi connectivity index (χ4n) is 5.76. The minimum absolute atomic E-state index is 0.0296. The van der Waals surface area contributed by atoms with Crippen LogP contribution in [0.15, 0.2) is 97.4 Å². The largest absolute Gasteiger partial charge is 0.487 e. The summed E-state index contributed by atoms with van der Waals surface area (Å²) in [7, 11) is 0. The number of hydrogen-bond acceptors (Lipinski definition) is 10. The number of carbonyl (C=O) groups is 1. The van der Waals surface area contributed by atoms with Crippen LogP contribution in [0.2, 0.25) is 0 Å². The van der Waals surface area contributed by atoms with Crippen molar-refractivity contribution >= 4 is 17.5 Å². The molecular weight excluding hydrogens is 630 g/mol. The van der Waals surface area contributed by atoms with Crippen LogP contribution in [0.3, 0.4) is 0 Å². The fourth-order valence-corrected chi connectivity index (χ4v) is 5.76. The molecule has 1 fully saturated rings. The number of anilines is 1. The highest BCUT2D eigenvalue weighted by molar-refractivity contribution is 6.07. The van der Waals surface area contributed by atoms with Gasteiger partial charge in [0.25, 0.3) is 0 Å². The molecule has 0 spiro atoms. The van der Waals surface area contributed by atoms with E-state index in [-0.39, 0.29) is 36.7 Å². The zero-order chi connectivity index (χ0) is 34.8. The molecule has 3 aromatic carbocycles. The Bertz CT molecular complexity index is 1720. The third-order valence-electron chi connectivity index (χ3n) is 8.24. The SMILES string of the molecule is CCCN1CCN(c2ccc(C(=O)/C=C/c3ccc(OC/C(N)=C/N(N)CC(O)(Cn4cncn4)c4ccc(F)cc4F)cc3)cc2)CC1. The summed E-state index contributed by atoms with van der Waals surface area (Å²) in [4.78, 5) is 21.5. The molecule has 1 aromatic heterocycles. The lowest BCUT2D eigenvalue weighted by Gasteiger charge is -2.36. The summed E-state index contributed by atoms with van der Waals surface area (Å²) >= 11 is 0. The second-order valence-corrected chi connectivity index (χ2v) is 12.1. The quantitative estimate of drug-likeness (QED) is 0.0737. The van der Waals surface area contributed by atoms with Crippen LogP contribution in [0.1, 0.15) is 34.8 Å². The monoisotopic (exact) mass is 672 g/mol. The molecule has 0 amide bonds. The van der Waals surface area contributed by atoms with Crippen LogP contribution < -0.4 is 21.2 Å². The van der Waals surface area contributed by atoms with Gasteiger partial charge in [-0.25, -0.2) is 24.3 Å². The van der Waals surface area contributed by atoms with E-state index in [2.05, 4.69) is 26.8 Å². The predicted octanol–water partition coefficient (Wildman–Crippen LogP) is 3.93. The van der Waals surface area contributed by atoms with Gasteiger partial charge in [0.15, 0.2) is 5.78 Å². The molecule has 11 nitrogen and oxygen atoms in total. The maximum atomic E-state index is 14.7. The Labute approximate surface area is 284 Å². The first-order valence-corrected chi connectivity index (χ1v) is 16.1. The summed E-state index contributed by atoms with van der Waals surface area (Å²) in [6.45, 7) is 6.87. The number of ketones is 1. The van der Waals surface area contributed by atoms with E-state index in [1.807, 2.05) is 36.4 Å². The highest BCUT2D eigenvalue weighted by atomic mass is 19.1. The number of benzene rings is 3. The van der Waals surface area contributed by atoms with Crippen LogP contribution in [0.4, 0.5) is 14.5 Å². The minimum Gasteiger partial charge on any atom is -0.487 e. The van der Waals surface area contributed by atoms with Gasteiger partial charge in [0, 0.05) is 55.3 Å². The molecule has 1 unspecified atom stereocenters. The number of aliphatic hydroxyl groups is 1. The van der Waals surface area contributed by atoms with Gasteiger partial charge in [0.1, 0.15) is 42.2 Å². The maximum absolute atomic E-state index is 14.7. The lowest BCUT2D eigenvalue weighted by atomic mass is 9.92. The van der Waals surface area contributed by atoms with E-state index < -0.39 is 17.2 Å². The first-order chi connectivity index (χ1) is 23.6. The number of rotatable bonds is 15. The van der Waals surface area contributed by atoms with Gasteiger partial charge in [0.2, 0.25) is 0 Å². The van der Waals surface area contributed by atoms with Crippen molar-refractivity contribution in [2.45, 2.75) is 25.5 Å². The molecule has 1 aliphatic heterocycles. The van der Waals surface area contributed by atoms with E-state index >= 15 is 0 Å². The smallest absolute Gasteiger partial charge is 0.185 e. The average Bonchev–Trinajstić information content (AvgIpc) is 3.59. The van der Waals surface area contributed by atoms with Crippen molar-refractivity contribution in [1.29, 1.82) is 0 Å². The molecule has 1 saturated heterocycles. The van der Waals surface area contributed by atoms with Crippen molar-refractivity contribution in [3.8, 4) is 5.75 Å². The predicted molar refractivity (Wildman–Crippen MR) is 184 cm³/mol. The van der Waals surface area contributed by atoms with Crippen LogP contribution >= 0.6 is 0 Å². The van der Waals surface area contributed by atoms with Gasteiger partial charge in [0.05, 0.1) is 18.8 Å². The number of hydrazine groups is 1. The highest BCUT2D eigenvalue weighted by Crippen LogP contribution is 2.27. The molecule has 0 radical (unpaired) electrons. The summed E-state index contributed by atoms with van der Waals surface area (Å²) in [6.07, 6.45) is 8.45. The van der Waals surface area contributed by atoms with Crippen LogP contribution in [-0.4, -0.2) is 81.4 Å². The van der Waals surface area contributed by atoms with E-state index in [1.54, 1.807) is 24.3 Å². The average molecular weight is 673 g/mol. The third-order valence-corrected chi connectivity index (χ3v) is 8.24. The molecular formula is C36H42F2N8O3. The van der Waals surface area contributed by atoms with E-state index in [1.165, 1.54) is 30.0 Å². The minimum atomic E-state index is -1.91. The van der Waals surface area contributed by atoms with Crippen molar-refractivity contribution < 1.29 is 23.4 Å². The molecule has 0 aliphatic carbocycles. The maximum Gasteiger partial charge on any atom is 0.185 e. The Morgan fingerprint density at radius 1 is 1.06 bits per heavy atom. The van der Waals surface area contributed by atoms with Gasteiger partial charge in [-0.05, 0) is 67.1 Å². The van der Waals surface area contributed by atoms with Gasteiger partial charge < -0.3 is 25.5 Å². The van der Waals surface area contributed by atoms with Crippen molar-refractivity contribution in [3.05, 3.63) is 126 Å². The van der Waals surface area contributed by atoms with E-state index in [0.29, 0.717) is 17.4 Å². The number of nitrogens with two attached hydrogens (primary N) is 2. The summed E-state index contributed by atoms with van der Waals surface area (Å²) in [5, 5.41) is 16.5. The van der Waals surface area contributed by atoms with Gasteiger partial charge in [-0.1, -0.05) is 31.2 Å². The van der Waals surface area contributed by atoms with Gasteiger partial charge in [-0.3, -0.25) is 9.69 Å². The number of hydrogen-bond donors (Lipinski definition) is 3. The lowest BCUT2D eigenvalue weighted by molar-refractivity contribution is -0.0118. The van der Waals surface area contributed by atoms with Gasteiger partial charge in [-0.15, -0.1) is 0 Å². The molecule has 13 heteroatoms. The second kappa shape index (κ2) is 16.3. The van der Waals surface area contributed by atoms with Gasteiger partial charge in [-0.2, -0.15) is 5.10 Å². The molecule has 5 rings (SSSR count). The number of nitrogens with zero attached hydrogens (tertiary/aromatic N) is 6. The third kappa shape index (κ3) is 9.72. The first kappa shape index (κ1) is 35.2. The normalized spacial score (nSPS) is 15.4. The second-order valence-electron chi connectivity index (χ2n) is 12.1. The molecule has 5 N–H and O–H groups in total. The Balaban J connectivity index is 1.12. The summed E-state index contributed by atoms with van der Waals surface area (Å²) in [5.41, 5.74) is 6.86. The zero-order valence-electron chi connectivity index (χ0n) is 27.5. The summed E-state index contributed by atoms with van der Waals surface area (Å²) in [5.74, 6) is 4.87. The number of piperazine rings is 1. The number of halogens is 2. The van der Waals surface area contributed by atoms with Crippen molar-refractivity contribution in [3.63, 3.8) is 0 Å². The molecule has 0 bridgehead atoms. The van der Waals surface area contributed by atoms with Crippen LogP contribution in [0.25, 0.3) is 6.08 Å². The molecule has 258 valence electrons. The molecule has 1 atom stereocenters. The number of ether oxygens (including phenoxy) is 1. The fraction of sp³-hybridized carbons (Fsp3) is 0.306. The van der Waals surface area contributed by atoms with E-state index in [4.69, 9.17) is 16.3 Å². The van der Waals surface area contributed by atoms with E-state index in [0.717, 1.165) is 61.1 Å². The Kier molecular flexibility index (Phi) is 11.7. The van der Waals surface area contributed by atoms with Crippen LogP contribution in [0, 0.1) is 11.6 Å². The Hall–Kier alpha value is -5.11. The molecule has 0 saturated carbocycles. The molecule has 2 heterocycles. The standard InChI is InChI=1S/C36H42F2N8O3/c1-2-15-43-16-18-44(19-17-43)31-9-6-28(7-10-31)35(47)14-5-27-3-11-32(12-4-27)49-22-30(39)21-45(40)23-36(48,24-46-26-41-25-42-46)33-13-8-29(37)20-34(33)38/h3-14,20-21,25-26,48H,2,15-19,22-24,39-40H2,1H3/b14-5+,30-21-. The molecule has 49 heavy (non-hydrogen) atoms.